The molecule has 0 radical (unpaired) electrons. The van der Waals surface area contributed by atoms with Gasteiger partial charge in [0.15, 0.2) is 0 Å². The number of piperidine rings is 1. The SMILES string of the molecule is O=C(OCCN1CCOCC1)c1ccc2c(c1)C(SCCN1CCC(Cc3ccccc3)CC1)c1ccccc1CO2. The Morgan fingerprint density at radius 3 is 2.45 bits per heavy atom. The third-order valence-corrected chi connectivity index (χ3v) is 10.0. The van der Waals surface area contributed by atoms with Crippen LogP contribution in [0.1, 0.15) is 50.7 Å². The van der Waals surface area contributed by atoms with E-state index < -0.39 is 0 Å². The molecule has 6 rings (SSSR count). The Morgan fingerprint density at radius 1 is 0.857 bits per heavy atom. The average molecular weight is 587 g/mol. The van der Waals surface area contributed by atoms with E-state index in [2.05, 4.69) is 64.4 Å². The zero-order chi connectivity index (χ0) is 28.6. The molecule has 3 aliphatic rings. The summed E-state index contributed by atoms with van der Waals surface area (Å²) in [6.07, 6.45) is 3.72. The number of esters is 1. The molecular formula is C35H42N2O4S. The van der Waals surface area contributed by atoms with Crippen molar-refractivity contribution in [3.05, 3.63) is 101 Å². The quantitative estimate of drug-likeness (QED) is 0.277. The molecule has 0 bridgehead atoms. The molecule has 0 aromatic heterocycles. The van der Waals surface area contributed by atoms with Gasteiger partial charge < -0.3 is 19.1 Å². The van der Waals surface area contributed by atoms with Gasteiger partial charge in [0, 0.05) is 37.5 Å². The molecule has 0 N–H and O–H groups in total. The van der Waals surface area contributed by atoms with Crippen molar-refractivity contribution in [2.45, 2.75) is 31.1 Å². The molecule has 3 aromatic rings. The average Bonchev–Trinajstić information content (AvgIpc) is 3.19. The molecule has 1 unspecified atom stereocenters. The molecule has 7 heteroatoms. The van der Waals surface area contributed by atoms with Gasteiger partial charge in [-0.15, -0.1) is 11.8 Å². The fourth-order valence-electron chi connectivity index (χ4n) is 6.27. The molecule has 3 aliphatic heterocycles. The van der Waals surface area contributed by atoms with Gasteiger partial charge in [-0.25, -0.2) is 4.79 Å². The molecule has 6 nitrogen and oxygen atoms in total. The molecule has 0 saturated carbocycles. The van der Waals surface area contributed by atoms with Crippen LogP contribution >= 0.6 is 11.8 Å². The van der Waals surface area contributed by atoms with E-state index in [-0.39, 0.29) is 11.2 Å². The van der Waals surface area contributed by atoms with Gasteiger partial charge in [0.1, 0.15) is 19.0 Å². The molecule has 42 heavy (non-hydrogen) atoms. The molecule has 3 aromatic carbocycles. The lowest BCUT2D eigenvalue weighted by Gasteiger charge is -2.32. The smallest absolute Gasteiger partial charge is 0.338 e. The van der Waals surface area contributed by atoms with E-state index in [9.17, 15) is 4.79 Å². The Kier molecular flexibility index (Phi) is 10.1. The van der Waals surface area contributed by atoms with Crippen molar-refractivity contribution in [2.24, 2.45) is 5.92 Å². The lowest BCUT2D eigenvalue weighted by molar-refractivity contribution is 0.0195. The van der Waals surface area contributed by atoms with Crippen molar-refractivity contribution in [2.75, 3.05) is 64.8 Å². The van der Waals surface area contributed by atoms with E-state index in [0.29, 0.717) is 18.8 Å². The molecule has 1 atom stereocenters. The highest BCUT2D eigenvalue weighted by atomic mass is 32.2. The fraction of sp³-hybridized carbons (Fsp3) is 0.457. The second-order valence-corrected chi connectivity index (χ2v) is 12.8. The normalized spacial score (nSPS) is 19.8. The molecule has 0 aliphatic carbocycles. The standard InChI is InChI=1S/C35H42N2O4S/c38-35(40-22-18-37-16-20-39-21-17-37)29-10-11-33-32(25-29)34(31-9-5-4-8-30(31)26-41-33)42-23-19-36-14-12-28(13-15-36)24-27-6-2-1-3-7-27/h1-11,25,28,34H,12-24,26H2. The highest BCUT2D eigenvalue weighted by Crippen LogP contribution is 2.44. The predicted octanol–water partition coefficient (Wildman–Crippen LogP) is 5.85. The van der Waals surface area contributed by atoms with Crippen LogP contribution in [0.5, 0.6) is 5.75 Å². The number of thioether (sulfide) groups is 1. The first-order valence-corrected chi connectivity index (χ1v) is 16.5. The van der Waals surface area contributed by atoms with E-state index >= 15 is 0 Å². The van der Waals surface area contributed by atoms with Crippen LogP contribution < -0.4 is 4.74 Å². The van der Waals surface area contributed by atoms with E-state index in [1.165, 1.54) is 49.0 Å². The first-order valence-electron chi connectivity index (χ1n) is 15.4. The maximum absolute atomic E-state index is 13.1. The van der Waals surface area contributed by atoms with Crippen LogP contribution in [0.25, 0.3) is 0 Å². The second-order valence-electron chi connectivity index (χ2n) is 11.6. The van der Waals surface area contributed by atoms with Gasteiger partial charge in [0.2, 0.25) is 0 Å². The largest absolute Gasteiger partial charge is 0.489 e. The number of likely N-dealkylation sites (tertiary alicyclic amines) is 1. The highest BCUT2D eigenvalue weighted by Gasteiger charge is 2.27. The fourth-order valence-corrected chi connectivity index (χ4v) is 7.65. The van der Waals surface area contributed by atoms with Crippen LogP contribution in [0.4, 0.5) is 0 Å². The molecule has 0 amide bonds. The van der Waals surface area contributed by atoms with Crippen molar-refractivity contribution in [3.8, 4) is 5.75 Å². The summed E-state index contributed by atoms with van der Waals surface area (Å²) in [4.78, 5) is 17.9. The Bertz CT molecular complexity index is 1310. The number of rotatable bonds is 10. The Hall–Kier alpha value is -2.84. The number of morpholine rings is 1. The predicted molar refractivity (Wildman–Crippen MR) is 168 cm³/mol. The molecule has 0 spiro atoms. The number of nitrogens with zero attached hydrogens (tertiary/aromatic N) is 2. The summed E-state index contributed by atoms with van der Waals surface area (Å²) < 4.78 is 17.4. The number of hydrogen-bond donors (Lipinski definition) is 0. The van der Waals surface area contributed by atoms with Crippen LogP contribution in [0.3, 0.4) is 0 Å². The Balaban J connectivity index is 1.08. The Morgan fingerprint density at radius 2 is 1.62 bits per heavy atom. The second kappa shape index (κ2) is 14.6. The van der Waals surface area contributed by atoms with Crippen LogP contribution in [0.2, 0.25) is 0 Å². The first-order chi connectivity index (χ1) is 20.7. The summed E-state index contributed by atoms with van der Waals surface area (Å²) in [5, 5.41) is 0.107. The summed E-state index contributed by atoms with van der Waals surface area (Å²) in [6, 6.07) is 25.3. The van der Waals surface area contributed by atoms with Gasteiger partial charge >= 0.3 is 5.97 Å². The van der Waals surface area contributed by atoms with E-state index in [1.807, 2.05) is 30.0 Å². The number of fused-ring (bicyclic) bond motifs is 2. The van der Waals surface area contributed by atoms with Gasteiger partial charge in [-0.1, -0.05) is 54.6 Å². The van der Waals surface area contributed by atoms with Gasteiger partial charge in [0.05, 0.1) is 24.0 Å². The highest BCUT2D eigenvalue weighted by molar-refractivity contribution is 7.99. The number of benzene rings is 3. The van der Waals surface area contributed by atoms with Gasteiger partial charge in [-0.2, -0.15) is 0 Å². The lowest BCUT2D eigenvalue weighted by Crippen LogP contribution is -2.38. The summed E-state index contributed by atoms with van der Waals surface area (Å²) in [7, 11) is 0. The van der Waals surface area contributed by atoms with E-state index in [4.69, 9.17) is 14.2 Å². The van der Waals surface area contributed by atoms with Crippen LogP contribution in [-0.4, -0.2) is 80.6 Å². The van der Waals surface area contributed by atoms with Gasteiger partial charge in [0.25, 0.3) is 0 Å². The third-order valence-electron chi connectivity index (χ3n) is 8.76. The maximum atomic E-state index is 13.1. The molecule has 2 fully saturated rings. The van der Waals surface area contributed by atoms with Crippen molar-refractivity contribution in [3.63, 3.8) is 0 Å². The van der Waals surface area contributed by atoms with Crippen LogP contribution in [0.15, 0.2) is 72.8 Å². The molecular weight excluding hydrogens is 544 g/mol. The summed E-state index contributed by atoms with van der Waals surface area (Å²) >= 11 is 1.96. The third kappa shape index (κ3) is 7.56. The van der Waals surface area contributed by atoms with Crippen molar-refractivity contribution in [1.82, 2.24) is 9.80 Å². The molecule has 222 valence electrons. The zero-order valence-corrected chi connectivity index (χ0v) is 25.2. The Labute approximate surface area is 254 Å². The monoisotopic (exact) mass is 586 g/mol. The minimum absolute atomic E-state index is 0.107. The number of carbonyl (C=O) groups is 1. The van der Waals surface area contributed by atoms with Crippen molar-refractivity contribution < 1.29 is 19.0 Å². The summed E-state index contributed by atoms with van der Waals surface area (Å²) in [6.45, 7) is 8.32. The topological polar surface area (TPSA) is 51.2 Å². The minimum atomic E-state index is -0.272. The lowest BCUT2D eigenvalue weighted by atomic mass is 9.90. The van der Waals surface area contributed by atoms with Gasteiger partial charge in [-0.3, -0.25) is 4.90 Å². The maximum Gasteiger partial charge on any atom is 0.338 e. The molecule has 2 saturated heterocycles. The number of hydrogen-bond acceptors (Lipinski definition) is 7. The van der Waals surface area contributed by atoms with Crippen molar-refractivity contribution >= 4 is 17.7 Å². The first kappa shape index (κ1) is 29.2. The van der Waals surface area contributed by atoms with Gasteiger partial charge in [-0.05, 0) is 73.2 Å². The summed E-state index contributed by atoms with van der Waals surface area (Å²) in [5.41, 5.74) is 5.60. The van der Waals surface area contributed by atoms with Crippen LogP contribution in [0, 0.1) is 5.92 Å². The minimum Gasteiger partial charge on any atom is -0.489 e. The summed E-state index contributed by atoms with van der Waals surface area (Å²) in [5.74, 6) is 2.39. The number of ether oxygens (including phenoxy) is 3. The number of carbonyl (C=O) groups excluding carboxylic acids is 1. The van der Waals surface area contributed by atoms with E-state index in [0.717, 1.165) is 62.4 Å². The van der Waals surface area contributed by atoms with Crippen molar-refractivity contribution in [1.29, 1.82) is 0 Å². The zero-order valence-electron chi connectivity index (χ0n) is 24.4. The van der Waals surface area contributed by atoms with E-state index in [1.54, 1.807) is 0 Å². The van der Waals surface area contributed by atoms with Crippen LogP contribution in [-0.2, 0) is 22.5 Å². The molecule has 3 heterocycles.